The highest BCUT2D eigenvalue weighted by atomic mass is 16.5. The molecule has 5 heteroatoms. The molecule has 0 radical (unpaired) electrons. The molecule has 1 atom stereocenters. The average molecular weight is 253 g/mol. The highest BCUT2D eigenvalue weighted by Crippen LogP contribution is 2.07. The van der Waals surface area contributed by atoms with Gasteiger partial charge in [0.15, 0.2) is 0 Å². The molecule has 102 valence electrons. The van der Waals surface area contributed by atoms with Gasteiger partial charge in [-0.3, -0.25) is 14.8 Å². The molecular formula is C13H23N3O2. The molecule has 1 heterocycles. The summed E-state index contributed by atoms with van der Waals surface area (Å²) in [7, 11) is 1.42. The molecule has 18 heavy (non-hydrogen) atoms. The molecule has 0 saturated heterocycles. The van der Waals surface area contributed by atoms with Gasteiger partial charge in [-0.25, -0.2) is 0 Å². The first-order chi connectivity index (χ1) is 8.49. The monoisotopic (exact) mass is 253 g/mol. The van der Waals surface area contributed by atoms with Crippen molar-refractivity contribution < 1.29 is 9.53 Å². The van der Waals surface area contributed by atoms with Gasteiger partial charge in [0.2, 0.25) is 0 Å². The van der Waals surface area contributed by atoms with E-state index in [-0.39, 0.29) is 17.9 Å². The van der Waals surface area contributed by atoms with Crippen molar-refractivity contribution in [1.82, 2.24) is 15.1 Å². The first-order valence-electron chi connectivity index (χ1n) is 6.34. The first-order valence-corrected chi connectivity index (χ1v) is 6.34. The van der Waals surface area contributed by atoms with E-state index in [4.69, 9.17) is 4.74 Å². The molecule has 0 aliphatic carbocycles. The lowest BCUT2D eigenvalue weighted by Crippen LogP contribution is -2.41. The number of aryl methyl sites for hydroxylation is 2. The van der Waals surface area contributed by atoms with Crippen LogP contribution in [0.4, 0.5) is 0 Å². The molecule has 0 aliphatic rings. The number of esters is 1. The number of methoxy groups -OCH3 is 1. The maximum Gasteiger partial charge on any atom is 0.323 e. The Morgan fingerprint density at radius 1 is 1.56 bits per heavy atom. The number of hydrogen-bond acceptors (Lipinski definition) is 4. The number of nitrogens with zero attached hydrogens (tertiary/aromatic N) is 2. The van der Waals surface area contributed by atoms with Gasteiger partial charge < -0.3 is 4.74 Å². The number of ether oxygens (including phenoxy) is 1. The van der Waals surface area contributed by atoms with Crippen LogP contribution in [0, 0.1) is 12.8 Å². The smallest absolute Gasteiger partial charge is 0.323 e. The lowest BCUT2D eigenvalue weighted by atomic mass is 10.0. The Balaban J connectivity index is 2.69. The number of carbonyl (C=O) groups excluding carboxylic acids is 1. The van der Waals surface area contributed by atoms with E-state index in [1.165, 1.54) is 7.11 Å². The van der Waals surface area contributed by atoms with E-state index in [9.17, 15) is 4.79 Å². The molecule has 1 unspecified atom stereocenters. The van der Waals surface area contributed by atoms with E-state index in [1.807, 2.05) is 31.5 Å². The van der Waals surface area contributed by atoms with Gasteiger partial charge in [-0.15, -0.1) is 0 Å². The lowest BCUT2D eigenvalue weighted by Gasteiger charge is -2.19. The van der Waals surface area contributed by atoms with Gasteiger partial charge in [0.05, 0.1) is 18.5 Å². The SMILES string of the molecule is CCn1nc(C)cc1CNC(C(=O)OC)C(C)C. The maximum absolute atomic E-state index is 11.6. The summed E-state index contributed by atoms with van der Waals surface area (Å²) < 4.78 is 6.74. The Bertz CT molecular complexity index is 399. The summed E-state index contributed by atoms with van der Waals surface area (Å²) in [5, 5.41) is 7.62. The minimum Gasteiger partial charge on any atom is -0.468 e. The number of aromatic nitrogens is 2. The number of nitrogens with one attached hydrogen (secondary N) is 1. The van der Waals surface area contributed by atoms with Crippen molar-refractivity contribution >= 4 is 5.97 Å². The van der Waals surface area contributed by atoms with Crippen LogP contribution in [-0.4, -0.2) is 28.9 Å². The number of rotatable bonds is 6. The van der Waals surface area contributed by atoms with Crippen LogP contribution in [0.3, 0.4) is 0 Å². The Hall–Kier alpha value is -1.36. The molecule has 5 nitrogen and oxygen atoms in total. The normalized spacial score (nSPS) is 12.8. The largest absolute Gasteiger partial charge is 0.468 e. The van der Waals surface area contributed by atoms with Crippen molar-refractivity contribution in [3.05, 3.63) is 17.5 Å². The zero-order valence-electron chi connectivity index (χ0n) is 11.9. The molecular weight excluding hydrogens is 230 g/mol. The molecule has 0 spiro atoms. The fourth-order valence-electron chi connectivity index (χ4n) is 1.95. The second-order valence-corrected chi connectivity index (χ2v) is 4.72. The third-order valence-corrected chi connectivity index (χ3v) is 2.91. The molecule has 0 bridgehead atoms. The van der Waals surface area contributed by atoms with Gasteiger partial charge in [-0.2, -0.15) is 5.10 Å². The van der Waals surface area contributed by atoms with Gasteiger partial charge in [-0.1, -0.05) is 13.8 Å². The predicted molar refractivity (Wildman–Crippen MR) is 70.1 cm³/mol. The quantitative estimate of drug-likeness (QED) is 0.781. The third-order valence-electron chi connectivity index (χ3n) is 2.91. The fourth-order valence-corrected chi connectivity index (χ4v) is 1.95. The zero-order valence-corrected chi connectivity index (χ0v) is 11.9. The Morgan fingerprint density at radius 2 is 2.22 bits per heavy atom. The van der Waals surface area contributed by atoms with Crippen LogP contribution in [0.1, 0.15) is 32.2 Å². The van der Waals surface area contributed by atoms with E-state index < -0.39 is 0 Å². The lowest BCUT2D eigenvalue weighted by molar-refractivity contribution is -0.144. The molecule has 1 rings (SSSR count). The summed E-state index contributed by atoms with van der Waals surface area (Å²) in [5.74, 6) is -0.0270. The molecule has 0 fully saturated rings. The fraction of sp³-hybridized carbons (Fsp3) is 0.692. The minimum absolute atomic E-state index is 0.191. The number of carbonyl (C=O) groups is 1. The van der Waals surface area contributed by atoms with E-state index >= 15 is 0 Å². The molecule has 1 aromatic heterocycles. The molecule has 0 saturated carbocycles. The molecule has 1 aromatic rings. The second kappa shape index (κ2) is 6.54. The summed E-state index contributed by atoms with van der Waals surface area (Å²) in [5.41, 5.74) is 2.08. The average Bonchev–Trinajstić information content (AvgIpc) is 2.69. The van der Waals surface area contributed by atoms with Gasteiger partial charge in [-0.05, 0) is 25.8 Å². The summed E-state index contributed by atoms with van der Waals surface area (Å²) in [6.45, 7) is 9.46. The predicted octanol–water partition coefficient (Wildman–Crippen LogP) is 1.50. The van der Waals surface area contributed by atoms with Crippen molar-refractivity contribution in [2.75, 3.05) is 7.11 Å². The first kappa shape index (κ1) is 14.7. The summed E-state index contributed by atoms with van der Waals surface area (Å²) in [6, 6.07) is 1.75. The molecule has 0 amide bonds. The van der Waals surface area contributed by atoms with Crippen LogP contribution in [0.2, 0.25) is 0 Å². The van der Waals surface area contributed by atoms with Crippen LogP contribution in [0.15, 0.2) is 6.07 Å². The Kier molecular flexibility index (Phi) is 5.34. The highest BCUT2D eigenvalue weighted by Gasteiger charge is 2.22. The van der Waals surface area contributed by atoms with Crippen LogP contribution < -0.4 is 5.32 Å². The van der Waals surface area contributed by atoms with Crippen molar-refractivity contribution in [2.24, 2.45) is 5.92 Å². The summed E-state index contributed by atoms with van der Waals surface area (Å²) in [6.07, 6.45) is 0. The van der Waals surface area contributed by atoms with E-state index in [0.717, 1.165) is 17.9 Å². The number of hydrogen-bond donors (Lipinski definition) is 1. The van der Waals surface area contributed by atoms with Gasteiger partial charge >= 0.3 is 5.97 Å². The van der Waals surface area contributed by atoms with Crippen molar-refractivity contribution in [1.29, 1.82) is 0 Å². The molecule has 0 aromatic carbocycles. The Labute approximate surface area is 109 Å². The van der Waals surface area contributed by atoms with E-state index in [1.54, 1.807) is 0 Å². The van der Waals surface area contributed by atoms with Crippen LogP contribution >= 0.6 is 0 Å². The van der Waals surface area contributed by atoms with Crippen LogP contribution in [0.5, 0.6) is 0 Å². The summed E-state index contributed by atoms with van der Waals surface area (Å²) >= 11 is 0. The maximum atomic E-state index is 11.6. The van der Waals surface area contributed by atoms with Gasteiger partial charge in [0.25, 0.3) is 0 Å². The van der Waals surface area contributed by atoms with Crippen LogP contribution in [0.25, 0.3) is 0 Å². The zero-order chi connectivity index (χ0) is 13.7. The standard InChI is InChI=1S/C13H23N3O2/c1-6-16-11(7-10(4)15-16)8-14-12(9(2)3)13(17)18-5/h7,9,12,14H,6,8H2,1-5H3. The van der Waals surface area contributed by atoms with E-state index in [2.05, 4.69) is 17.3 Å². The van der Waals surface area contributed by atoms with Crippen molar-refractivity contribution in [2.45, 2.75) is 46.8 Å². The van der Waals surface area contributed by atoms with Gasteiger partial charge in [0, 0.05) is 13.1 Å². The van der Waals surface area contributed by atoms with Crippen molar-refractivity contribution in [3.8, 4) is 0 Å². The Morgan fingerprint density at radius 3 is 2.72 bits per heavy atom. The minimum atomic E-state index is -0.282. The molecule has 0 aliphatic heterocycles. The second-order valence-electron chi connectivity index (χ2n) is 4.72. The topological polar surface area (TPSA) is 56.2 Å². The van der Waals surface area contributed by atoms with Gasteiger partial charge in [0.1, 0.15) is 6.04 Å². The van der Waals surface area contributed by atoms with E-state index in [0.29, 0.717) is 6.54 Å². The van der Waals surface area contributed by atoms with Crippen molar-refractivity contribution in [3.63, 3.8) is 0 Å². The van der Waals surface area contributed by atoms with Crippen LogP contribution in [-0.2, 0) is 22.6 Å². The highest BCUT2D eigenvalue weighted by molar-refractivity contribution is 5.75. The molecule has 1 N–H and O–H groups in total. The third kappa shape index (κ3) is 3.57. The summed E-state index contributed by atoms with van der Waals surface area (Å²) in [4.78, 5) is 11.6.